The Morgan fingerprint density at radius 1 is 0.721 bits per heavy atom. The van der Waals surface area contributed by atoms with Gasteiger partial charge in [-0.15, -0.1) is 0 Å². The number of carboxylic acid groups (broad SMARTS) is 1. The van der Waals surface area contributed by atoms with Gasteiger partial charge in [-0.1, -0.05) is 39.3 Å². The van der Waals surface area contributed by atoms with Crippen LogP contribution in [-0.4, -0.2) is 181 Å². The van der Waals surface area contributed by atoms with Crippen LogP contribution in [0.25, 0.3) is 0 Å². The van der Waals surface area contributed by atoms with Crippen LogP contribution < -0.4 is 0 Å². The highest BCUT2D eigenvalue weighted by atomic mass is 16.8. The molecule has 9 aliphatic rings. The van der Waals surface area contributed by atoms with Crippen molar-refractivity contribution >= 4 is 11.9 Å². The number of esters is 1. The van der Waals surface area contributed by atoms with Gasteiger partial charge < -0.3 is 88.6 Å². The molecule has 1 spiro atoms. The van der Waals surface area contributed by atoms with Crippen molar-refractivity contribution in [1.82, 2.24) is 0 Å². The van der Waals surface area contributed by atoms with Gasteiger partial charge in [0.05, 0.1) is 31.0 Å². The lowest BCUT2D eigenvalue weighted by Gasteiger charge is -2.59. The van der Waals surface area contributed by atoms with Crippen LogP contribution in [0.2, 0.25) is 0 Å². The summed E-state index contributed by atoms with van der Waals surface area (Å²) in [7, 11) is 0. The highest BCUT2D eigenvalue weighted by Gasteiger charge is 2.69. The molecule has 3 saturated carbocycles. The molecule has 5 saturated heterocycles. The first kappa shape index (κ1) is 51.0. The molecule has 0 aromatic heterocycles. The molecule has 5 aliphatic heterocycles. The Labute approximate surface area is 396 Å². The third-order valence-corrected chi connectivity index (χ3v) is 18.3. The van der Waals surface area contributed by atoms with E-state index in [4.69, 9.17) is 47.7 Å². The summed E-state index contributed by atoms with van der Waals surface area (Å²) in [5, 5.41) is 96.5. The number of ether oxygens (including phenoxy) is 9. The van der Waals surface area contributed by atoms with E-state index in [1.807, 2.05) is 6.92 Å². The zero-order valence-corrected chi connectivity index (χ0v) is 39.7. The molecule has 20 heteroatoms. The largest absolute Gasteiger partial charge is 0.481 e. The summed E-state index contributed by atoms with van der Waals surface area (Å²) in [6.07, 6.45) is -15.3. The predicted octanol–water partition coefficient (Wildman–Crippen LogP) is 0.586. The molecule has 5 heterocycles. The summed E-state index contributed by atoms with van der Waals surface area (Å²) < 4.78 is 55.1. The fourth-order valence-electron chi connectivity index (χ4n) is 14.5. The van der Waals surface area contributed by atoms with Crippen LogP contribution in [0, 0.1) is 46.3 Å². The minimum Gasteiger partial charge on any atom is -0.481 e. The number of aliphatic hydroxyl groups is 8. The van der Waals surface area contributed by atoms with Crippen molar-refractivity contribution in [1.29, 1.82) is 0 Å². The summed E-state index contributed by atoms with van der Waals surface area (Å²) in [5.74, 6) is -1.43. The van der Waals surface area contributed by atoms with E-state index in [1.54, 1.807) is 0 Å². The maximum atomic E-state index is 12.2. The standard InChI is InChI=1S/C48H74O20/c1-19-9-14-48(68-42(19)59)20(2)32-28(67-48)16-27-25-8-7-23-15-24(10-12-46(23,5)26(25)11-13-47(27,32)6)62-45-41(66-44-37(57)35(55)39(22(4)61-44)64-31(52)17-30(50)51)38(58)40(29(18-49)63-45)65-43-36(56)34(54)33(53)21(3)60-43/h7,19-22,24-29,32-45,49,53-59H,8-18H2,1-6H3,(H,50,51)/t19-,20+,21+,22+,24+,25-,26+,27+,28+,29-,32+,33+,34-,35-,36-,37-,38+,39+,40-,41-,42-,43+,44+,45-,46+,47+,48+/m1/s1. The minimum absolute atomic E-state index is 0.0722. The van der Waals surface area contributed by atoms with Crippen LogP contribution in [0.3, 0.4) is 0 Å². The van der Waals surface area contributed by atoms with Crippen molar-refractivity contribution in [3.8, 4) is 0 Å². The van der Waals surface area contributed by atoms with E-state index in [1.165, 1.54) is 19.4 Å². The monoisotopic (exact) mass is 970 g/mol. The normalized spacial score (nSPS) is 54.5. The molecule has 9 rings (SSSR count). The minimum atomic E-state index is -1.90. The van der Waals surface area contributed by atoms with E-state index < -0.39 is 135 Å². The first-order chi connectivity index (χ1) is 32.1. The summed E-state index contributed by atoms with van der Waals surface area (Å²) >= 11 is 0. The molecule has 20 nitrogen and oxygen atoms in total. The summed E-state index contributed by atoms with van der Waals surface area (Å²) in [6.45, 7) is 11.3. The number of rotatable bonds is 10. The molecular weight excluding hydrogens is 897 g/mol. The Morgan fingerprint density at radius 2 is 1.41 bits per heavy atom. The quantitative estimate of drug-likeness (QED) is 0.0822. The molecule has 9 N–H and O–H groups in total. The van der Waals surface area contributed by atoms with Crippen LogP contribution in [0.5, 0.6) is 0 Å². The molecule has 8 fully saturated rings. The number of aliphatic carboxylic acids is 1. The number of allylic oxidation sites excluding steroid dienone is 1. The van der Waals surface area contributed by atoms with Crippen molar-refractivity contribution < 1.29 is 98.2 Å². The Bertz CT molecular complexity index is 1870. The second-order valence-electron chi connectivity index (χ2n) is 22.2. The topological polar surface area (TPSA) is 299 Å². The lowest BCUT2D eigenvalue weighted by atomic mass is 9.47. The predicted molar refractivity (Wildman–Crippen MR) is 230 cm³/mol. The Kier molecular flexibility index (Phi) is 14.3. The van der Waals surface area contributed by atoms with Gasteiger partial charge >= 0.3 is 11.9 Å². The Hall–Kier alpha value is -1.96. The average Bonchev–Trinajstić information content (AvgIpc) is 3.73. The fourth-order valence-corrected chi connectivity index (χ4v) is 14.5. The van der Waals surface area contributed by atoms with E-state index in [-0.39, 0.29) is 28.8 Å². The molecular formula is C48H74O20. The van der Waals surface area contributed by atoms with Gasteiger partial charge in [-0.3, -0.25) is 9.59 Å². The molecule has 0 bridgehead atoms. The Balaban J connectivity index is 0.917. The van der Waals surface area contributed by atoms with E-state index in [0.29, 0.717) is 36.5 Å². The van der Waals surface area contributed by atoms with E-state index in [2.05, 4.69) is 26.8 Å². The third-order valence-electron chi connectivity index (χ3n) is 18.3. The second-order valence-corrected chi connectivity index (χ2v) is 22.2. The number of carboxylic acids is 1. The molecule has 27 atom stereocenters. The molecule has 0 aromatic carbocycles. The number of carbonyl (C=O) groups is 2. The Morgan fingerprint density at radius 3 is 2.10 bits per heavy atom. The molecule has 68 heavy (non-hydrogen) atoms. The van der Waals surface area contributed by atoms with Crippen LogP contribution in [-0.2, 0) is 52.2 Å². The van der Waals surface area contributed by atoms with Gasteiger partial charge in [-0.05, 0) is 99.7 Å². The molecule has 0 unspecified atom stereocenters. The lowest BCUT2D eigenvalue weighted by molar-refractivity contribution is -0.388. The maximum absolute atomic E-state index is 12.2. The first-order valence-electron chi connectivity index (χ1n) is 24.9. The van der Waals surface area contributed by atoms with Crippen molar-refractivity contribution in [3.63, 3.8) is 0 Å². The van der Waals surface area contributed by atoms with Crippen LogP contribution in [0.4, 0.5) is 0 Å². The van der Waals surface area contributed by atoms with Gasteiger partial charge in [0, 0.05) is 18.3 Å². The van der Waals surface area contributed by atoms with Crippen LogP contribution in [0.15, 0.2) is 11.6 Å². The van der Waals surface area contributed by atoms with Gasteiger partial charge in [0.2, 0.25) is 0 Å². The molecule has 0 aromatic rings. The number of hydrogen-bond donors (Lipinski definition) is 9. The van der Waals surface area contributed by atoms with Gasteiger partial charge in [-0.25, -0.2) is 0 Å². The third kappa shape index (κ3) is 8.70. The fraction of sp³-hybridized carbons (Fsp3) is 0.917. The van der Waals surface area contributed by atoms with Crippen LogP contribution in [0.1, 0.15) is 106 Å². The van der Waals surface area contributed by atoms with Gasteiger partial charge in [0.25, 0.3) is 0 Å². The highest BCUT2D eigenvalue weighted by Crippen LogP contribution is 2.71. The first-order valence-corrected chi connectivity index (χ1v) is 24.9. The van der Waals surface area contributed by atoms with Crippen molar-refractivity contribution in [2.75, 3.05) is 6.61 Å². The van der Waals surface area contributed by atoms with Crippen molar-refractivity contribution in [2.24, 2.45) is 46.3 Å². The van der Waals surface area contributed by atoms with E-state index in [9.17, 15) is 50.4 Å². The molecule has 0 amide bonds. The van der Waals surface area contributed by atoms with E-state index >= 15 is 0 Å². The lowest BCUT2D eigenvalue weighted by Crippen LogP contribution is -2.66. The number of carbonyl (C=O) groups excluding carboxylic acids is 1. The highest BCUT2D eigenvalue weighted by molar-refractivity contribution is 5.90. The zero-order valence-electron chi connectivity index (χ0n) is 39.7. The van der Waals surface area contributed by atoms with Crippen LogP contribution >= 0.6 is 0 Å². The number of fused-ring (bicyclic) bond motifs is 7. The average molecular weight is 971 g/mol. The summed E-state index contributed by atoms with van der Waals surface area (Å²) in [4.78, 5) is 23.3. The zero-order chi connectivity index (χ0) is 48.9. The van der Waals surface area contributed by atoms with Gasteiger partial charge in [-0.2, -0.15) is 0 Å². The summed E-state index contributed by atoms with van der Waals surface area (Å²) in [6, 6.07) is 0. The van der Waals surface area contributed by atoms with Crippen molar-refractivity contribution in [2.45, 2.75) is 222 Å². The molecule has 386 valence electrons. The van der Waals surface area contributed by atoms with Crippen molar-refractivity contribution in [3.05, 3.63) is 11.6 Å². The molecule has 0 radical (unpaired) electrons. The van der Waals surface area contributed by atoms with E-state index in [0.717, 1.165) is 44.9 Å². The number of hydrogen-bond acceptors (Lipinski definition) is 19. The molecule has 4 aliphatic carbocycles. The van der Waals surface area contributed by atoms with Gasteiger partial charge in [0.1, 0.15) is 61.4 Å². The van der Waals surface area contributed by atoms with Gasteiger partial charge in [0.15, 0.2) is 37.1 Å². The summed E-state index contributed by atoms with van der Waals surface area (Å²) in [5.41, 5.74) is 1.24. The number of aliphatic hydroxyl groups excluding tert-OH is 8. The maximum Gasteiger partial charge on any atom is 0.317 e. The smallest absolute Gasteiger partial charge is 0.317 e. The second kappa shape index (κ2) is 19.1. The SMILES string of the molecule is C[C@@H]1CC[C@@]2(O[C@H]1O)O[C@H]1C[C@H]3[C@@H]4CC=C5C[C@@H](O[C@@H]6O[C@H](CO)[C@@H](O[C@@H]7O[C@@H](C)[C@H](O)[C@@H](O)[C@H]7O)[C@H](O)[C@H]6O[C@@H]6O[C@@H](C)[C@H](OC(=O)CC(=O)O)[C@H](O)[C@H]6O)CC[C@]5(C)[C@H]4CC[C@]3(C)[C@H]1[C@@H]2C.